The van der Waals surface area contributed by atoms with Gasteiger partial charge in [-0.2, -0.15) is 0 Å². The van der Waals surface area contributed by atoms with Crippen LogP contribution in [0.1, 0.15) is 39.0 Å². The second-order valence-electron chi connectivity index (χ2n) is 5.47. The number of rotatable bonds is 4. The minimum absolute atomic E-state index is 0.202. The van der Waals surface area contributed by atoms with Gasteiger partial charge in [0.1, 0.15) is 0 Å². The molecule has 2 N–H and O–H groups in total. The zero-order valence-electron chi connectivity index (χ0n) is 10.9. The van der Waals surface area contributed by atoms with E-state index in [0.717, 1.165) is 25.9 Å². The van der Waals surface area contributed by atoms with Gasteiger partial charge in [-0.1, -0.05) is 0 Å². The summed E-state index contributed by atoms with van der Waals surface area (Å²) in [5, 5.41) is 6.55. The largest absolute Gasteiger partial charge is 0.356 e. The monoisotopic (exact) mass is 239 g/mol. The highest BCUT2D eigenvalue weighted by Gasteiger charge is 2.20. The summed E-state index contributed by atoms with van der Waals surface area (Å²) >= 11 is 0. The molecule has 0 spiro atoms. The average molecular weight is 239 g/mol. The van der Waals surface area contributed by atoms with E-state index in [0.29, 0.717) is 18.5 Å². The fraction of sp³-hybridized carbons (Fsp3) is 0.923. The molecule has 2 aliphatic heterocycles. The lowest BCUT2D eigenvalue weighted by Gasteiger charge is -2.25. The molecule has 2 aliphatic rings. The van der Waals surface area contributed by atoms with E-state index in [1.165, 1.54) is 25.9 Å². The van der Waals surface area contributed by atoms with Crippen LogP contribution in [0.3, 0.4) is 0 Å². The van der Waals surface area contributed by atoms with Gasteiger partial charge >= 0.3 is 0 Å². The average Bonchev–Trinajstić information content (AvgIpc) is 2.68. The van der Waals surface area contributed by atoms with Crippen molar-refractivity contribution in [2.45, 2.75) is 51.1 Å². The molecular formula is C13H25N3O. The first-order chi connectivity index (χ1) is 8.24. The van der Waals surface area contributed by atoms with Crippen molar-refractivity contribution < 1.29 is 4.79 Å². The van der Waals surface area contributed by atoms with Crippen LogP contribution in [-0.4, -0.2) is 49.1 Å². The van der Waals surface area contributed by atoms with E-state index < -0.39 is 0 Å². The van der Waals surface area contributed by atoms with E-state index in [4.69, 9.17) is 0 Å². The Morgan fingerprint density at radius 2 is 2.18 bits per heavy atom. The standard InChI is InChI=1S/C13H25N3O/c1-11(10-16-7-2-3-8-16)15-12-5-4-6-14-13(17)9-12/h11-12,15H,2-10H2,1H3,(H,14,17). The normalized spacial score (nSPS) is 28.8. The summed E-state index contributed by atoms with van der Waals surface area (Å²) in [4.78, 5) is 14.0. The van der Waals surface area contributed by atoms with Gasteiger partial charge in [0.15, 0.2) is 0 Å². The Balaban J connectivity index is 1.72. The number of carbonyl (C=O) groups is 1. The summed E-state index contributed by atoms with van der Waals surface area (Å²) in [7, 11) is 0. The highest BCUT2D eigenvalue weighted by molar-refractivity contribution is 5.76. The van der Waals surface area contributed by atoms with Gasteiger partial charge in [0, 0.05) is 31.6 Å². The summed E-state index contributed by atoms with van der Waals surface area (Å²) in [6.07, 6.45) is 5.55. The molecule has 2 unspecified atom stereocenters. The molecule has 0 bridgehead atoms. The van der Waals surface area contributed by atoms with Crippen molar-refractivity contribution in [3.8, 4) is 0 Å². The molecule has 4 heteroatoms. The van der Waals surface area contributed by atoms with Crippen LogP contribution in [0.15, 0.2) is 0 Å². The lowest BCUT2D eigenvalue weighted by Crippen LogP contribution is -2.44. The van der Waals surface area contributed by atoms with Crippen LogP contribution in [0.4, 0.5) is 0 Å². The molecule has 1 amide bonds. The van der Waals surface area contributed by atoms with E-state index >= 15 is 0 Å². The van der Waals surface area contributed by atoms with E-state index in [-0.39, 0.29) is 5.91 Å². The molecule has 2 heterocycles. The fourth-order valence-electron chi connectivity index (χ4n) is 2.92. The first-order valence-corrected chi connectivity index (χ1v) is 6.99. The second kappa shape index (κ2) is 6.36. The zero-order valence-corrected chi connectivity index (χ0v) is 10.9. The summed E-state index contributed by atoms with van der Waals surface area (Å²) in [5.74, 6) is 0.202. The Morgan fingerprint density at radius 3 is 2.94 bits per heavy atom. The van der Waals surface area contributed by atoms with Crippen molar-refractivity contribution in [1.82, 2.24) is 15.5 Å². The van der Waals surface area contributed by atoms with Crippen LogP contribution < -0.4 is 10.6 Å². The van der Waals surface area contributed by atoms with E-state index in [9.17, 15) is 4.79 Å². The van der Waals surface area contributed by atoms with Crippen molar-refractivity contribution in [1.29, 1.82) is 0 Å². The smallest absolute Gasteiger partial charge is 0.221 e. The summed E-state index contributed by atoms with van der Waals surface area (Å²) in [6.45, 7) is 6.70. The molecular weight excluding hydrogens is 214 g/mol. The van der Waals surface area contributed by atoms with Crippen LogP contribution >= 0.6 is 0 Å². The summed E-state index contributed by atoms with van der Waals surface area (Å²) in [5.41, 5.74) is 0. The van der Waals surface area contributed by atoms with Gasteiger partial charge in [-0.15, -0.1) is 0 Å². The van der Waals surface area contributed by atoms with Gasteiger partial charge < -0.3 is 15.5 Å². The Labute approximate surface area is 104 Å². The first kappa shape index (κ1) is 12.8. The predicted molar refractivity (Wildman–Crippen MR) is 68.9 cm³/mol. The van der Waals surface area contributed by atoms with Gasteiger partial charge in [-0.25, -0.2) is 0 Å². The van der Waals surface area contributed by atoms with Crippen LogP contribution in [0.25, 0.3) is 0 Å². The number of hydrogen-bond acceptors (Lipinski definition) is 3. The minimum Gasteiger partial charge on any atom is -0.356 e. The van der Waals surface area contributed by atoms with Crippen molar-refractivity contribution in [2.24, 2.45) is 0 Å². The van der Waals surface area contributed by atoms with Gasteiger partial charge in [-0.05, 0) is 45.7 Å². The number of likely N-dealkylation sites (tertiary alicyclic amines) is 1. The van der Waals surface area contributed by atoms with E-state index in [1.54, 1.807) is 0 Å². The number of nitrogens with one attached hydrogen (secondary N) is 2. The molecule has 98 valence electrons. The number of carbonyl (C=O) groups excluding carboxylic acids is 1. The number of amides is 1. The van der Waals surface area contributed by atoms with Crippen molar-refractivity contribution in [2.75, 3.05) is 26.2 Å². The fourth-order valence-corrected chi connectivity index (χ4v) is 2.92. The first-order valence-electron chi connectivity index (χ1n) is 6.99. The molecule has 0 saturated carbocycles. The van der Waals surface area contributed by atoms with Crippen LogP contribution in [0, 0.1) is 0 Å². The third-order valence-electron chi connectivity index (χ3n) is 3.73. The maximum Gasteiger partial charge on any atom is 0.221 e. The summed E-state index contributed by atoms with van der Waals surface area (Å²) < 4.78 is 0. The molecule has 17 heavy (non-hydrogen) atoms. The maximum atomic E-state index is 11.5. The number of nitrogens with zero attached hydrogens (tertiary/aromatic N) is 1. The quantitative estimate of drug-likeness (QED) is 0.760. The van der Waals surface area contributed by atoms with Crippen LogP contribution in [-0.2, 0) is 4.79 Å². The van der Waals surface area contributed by atoms with E-state index in [2.05, 4.69) is 22.5 Å². The molecule has 0 aromatic rings. The predicted octanol–water partition coefficient (Wildman–Crippen LogP) is 0.729. The third kappa shape index (κ3) is 4.28. The minimum atomic E-state index is 0.202. The van der Waals surface area contributed by atoms with Crippen molar-refractivity contribution in [3.63, 3.8) is 0 Å². The topological polar surface area (TPSA) is 44.4 Å². The Bertz CT molecular complexity index is 251. The molecule has 4 nitrogen and oxygen atoms in total. The molecule has 2 atom stereocenters. The van der Waals surface area contributed by atoms with E-state index in [1.807, 2.05) is 0 Å². The Hall–Kier alpha value is -0.610. The van der Waals surface area contributed by atoms with Gasteiger partial charge in [0.05, 0.1) is 0 Å². The zero-order chi connectivity index (χ0) is 12.1. The van der Waals surface area contributed by atoms with Gasteiger partial charge in [0.2, 0.25) is 5.91 Å². The third-order valence-corrected chi connectivity index (χ3v) is 3.73. The molecule has 0 aromatic heterocycles. The Morgan fingerprint density at radius 1 is 1.41 bits per heavy atom. The van der Waals surface area contributed by atoms with Gasteiger partial charge in [-0.3, -0.25) is 4.79 Å². The van der Waals surface area contributed by atoms with Crippen LogP contribution in [0.5, 0.6) is 0 Å². The molecule has 2 fully saturated rings. The van der Waals surface area contributed by atoms with Crippen molar-refractivity contribution in [3.05, 3.63) is 0 Å². The molecule has 2 saturated heterocycles. The maximum absolute atomic E-state index is 11.5. The highest BCUT2D eigenvalue weighted by atomic mass is 16.1. The Kier molecular flexibility index (Phi) is 4.80. The molecule has 0 aromatic carbocycles. The summed E-state index contributed by atoms with van der Waals surface area (Å²) in [6, 6.07) is 0.860. The molecule has 0 aliphatic carbocycles. The van der Waals surface area contributed by atoms with Crippen LogP contribution in [0.2, 0.25) is 0 Å². The van der Waals surface area contributed by atoms with Crippen molar-refractivity contribution >= 4 is 5.91 Å². The lowest BCUT2D eigenvalue weighted by molar-refractivity contribution is -0.121. The second-order valence-corrected chi connectivity index (χ2v) is 5.47. The number of hydrogen-bond donors (Lipinski definition) is 2. The molecule has 2 rings (SSSR count). The highest BCUT2D eigenvalue weighted by Crippen LogP contribution is 2.10. The van der Waals surface area contributed by atoms with Gasteiger partial charge in [0.25, 0.3) is 0 Å². The lowest BCUT2D eigenvalue weighted by atomic mass is 10.1. The SMILES string of the molecule is CC(CN1CCCC1)NC1CCCNC(=O)C1. The molecule has 0 radical (unpaired) electrons.